The highest BCUT2D eigenvalue weighted by Crippen LogP contribution is 2.21. The Morgan fingerprint density at radius 2 is 2.00 bits per heavy atom. The second kappa shape index (κ2) is 8.12. The SMILES string of the molecule is CN1CCN(C(=S)SCC(=O)Nc2ccccc2Br)CC1. The number of anilines is 1. The smallest absolute Gasteiger partial charge is 0.234 e. The molecule has 7 heteroatoms. The number of carbonyl (C=O) groups excluding carboxylic acids is 1. The van der Waals surface area contributed by atoms with Gasteiger partial charge in [-0.05, 0) is 35.1 Å². The average molecular weight is 388 g/mol. The number of likely N-dealkylation sites (N-methyl/N-ethyl adjacent to an activating group) is 1. The number of halogens is 1. The summed E-state index contributed by atoms with van der Waals surface area (Å²) in [6, 6.07) is 7.57. The summed E-state index contributed by atoms with van der Waals surface area (Å²) in [7, 11) is 2.11. The highest BCUT2D eigenvalue weighted by Gasteiger charge is 2.17. The maximum absolute atomic E-state index is 12.0. The summed E-state index contributed by atoms with van der Waals surface area (Å²) in [5.74, 6) is 0.301. The van der Waals surface area contributed by atoms with Crippen LogP contribution in [0.25, 0.3) is 0 Å². The largest absolute Gasteiger partial charge is 0.355 e. The molecule has 1 aliphatic rings. The van der Waals surface area contributed by atoms with Crippen molar-refractivity contribution < 1.29 is 4.79 Å². The quantitative estimate of drug-likeness (QED) is 0.806. The summed E-state index contributed by atoms with van der Waals surface area (Å²) in [4.78, 5) is 16.4. The van der Waals surface area contributed by atoms with Crippen LogP contribution in [0.3, 0.4) is 0 Å². The summed E-state index contributed by atoms with van der Waals surface area (Å²) in [5, 5.41) is 2.88. The summed E-state index contributed by atoms with van der Waals surface area (Å²) in [5.41, 5.74) is 0.786. The van der Waals surface area contributed by atoms with Gasteiger partial charge in [-0.1, -0.05) is 36.1 Å². The molecule has 1 amide bonds. The van der Waals surface area contributed by atoms with Crippen LogP contribution in [0, 0.1) is 0 Å². The standard InChI is InChI=1S/C14H18BrN3OS2/c1-17-6-8-18(9-7-17)14(20)21-10-13(19)16-12-5-3-2-4-11(12)15/h2-5H,6-10H2,1H3,(H,16,19). The van der Waals surface area contributed by atoms with Crippen molar-refractivity contribution in [3.05, 3.63) is 28.7 Å². The Labute approximate surface area is 143 Å². The molecule has 0 unspecified atom stereocenters. The molecule has 4 nitrogen and oxygen atoms in total. The topological polar surface area (TPSA) is 35.6 Å². The van der Waals surface area contributed by atoms with Crippen LogP contribution in [0.2, 0.25) is 0 Å². The number of para-hydroxylation sites is 1. The minimum atomic E-state index is -0.0385. The zero-order valence-electron chi connectivity index (χ0n) is 11.8. The van der Waals surface area contributed by atoms with Crippen molar-refractivity contribution in [2.24, 2.45) is 0 Å². The van der Waals surface area contributed by atoms with E-state index in [-0.39, 0.29) is 5.91 Å². The lowest BCUT2D eigenvalue weighted by Gasteiger charge is -2.33. The number of benzene rings is 1. The molecule has 114 valence electrons. The second-order valence-corrected chi connectivity index (χ2v) is 7.34. The molecule has 0 atom stereocenters. The van der Waals surface area contributed by atoms with Gasteiger partial charge >= 0.3 is 0 Å². The summed E-state index contributed by atoms with van der Waals surface area (Å²) in [6.45, 7) is 3.91. The molecule has 1 saturated heterocycles. The van der Waals surface area contributed by atoms with Gasteiger partial charge in [-0.15, -0.1) is 0 Å². The van der Waals surface area contributed by atoms with Crippen molar-refractivity contribution in [2.75, 3.05) is 44.3 Å². The normalized spacial score (nSPS) is 15.8. The Morgan fingerprint density at radius 1 is 1.33 bits per heavy atom. The van der Waals surface area contributed by atoms with Gasteiger partial charge in [0.15, 0.2) is 0 Å². The molecule has 0 bridgehead atoms. The van der Waals surface area contributed by atoms with Gasteiger partial charge in [0, 0.05) is 30.7 Å². The van der Waals surface area contributed by atoms with Crippen molar-refractivity contribution in [3.8, 4) is 0 Å². The van der Waals surface area contributed by atoms with Gasteiger partial charge in [0.2, 0.25) is 5.91 Å². The first-order valence-electron chi connectivity index (χ1n) is 6.71. The number of hydrogen-bond acceptors (Lipinski definition) is 4. The molecule has 1 aromatic rings. The molecule has 0 radical (unpaired) electrons. The fourth-order valence-corrected chi connectivity index (χ4v) is 3.39. The molecule has 0 saturated carbocycles. The molecule has 0 aromatic heterocycles. The first kappa shape index (κ1) is 16.7. The van der Waals surface area contributed by atoms with Crippen molar-refractivity contribution in [2.45, 2.75) is 0 Å². The van der Waals surface area contributed by atoms with Gasteiger partial charge in [-0.3, -0.25) is 4.79 Å². The molecular formula is C14H18BrN3OS2. The van der Waals surface area contributed by atoms with Crippen LogP contribution < -0.4 is 5.32 Å². The van der Waals surface area contributed by atoms with E-state index in [1.807, 2.05) is 24.3 Å². The maximum Gasteiger partial charge on any atom is 0.234 e. The van der Waals surface area contributed by atoms with Crippen LogP contribution in [0.15, 0.2) is 28.7 Å². The number of piperazine rings is 1. The van der Waals surface area contributed by atoms with E-state index in [4.69, 9.17) is 12.2 Å². The fourth-order valence-electron chi connectivity index (χ4n) is 1.96. The van der Waals surface area contributed by atoms with Gasteiger partial charge in [-0.25, -0.2) is 0 Å². The predicted molar refractivity (Wildman–Crippen MR) is 96.9 cm³/mol. The molecular weight excluding hydrogens is 370 g/mol. The summed E-state index contributed by atoms with van der Waals surface area (Å²) < 4.78 is 1.69. The van der Waals surface area contributed by atoms with Crippen LogP contribution in [-0.4, -0.2) is 59.0 Å². The summed E-state index contributed by atoms with van der Waals surface area (Å²) in [6.07, 6.45) is 0. The first-order chi connectivity index (χ1) is 10.1. The van der Waals surface area contributed by atoms with E-state index in [9.17, 15) is 4.79 Å². The lowest BCUT2D eigenvalue weighted by molar-refractivity contribution is -0.113. The molecule has 1 aliphatic heterocycles. The summed E-state index contributed by atoms with van der Waals surface area (Å²) >= 11 is 10.2. The Morgan fingerprint density at radius 3 is 2.67 bits per heavy atom. The number of rotatable bonds is 3. The molecule has 0 spiro atoms. The van der Waals surface area contributed by atoms with Gasteiger partial charge in [0.05, 0.1) is 11.4 Å². The lowest BCUT2D eigenvalue weighted by Crippen LogP contribution is -2.46. The average Bonchev–Trinajstić information content (AvgIpc) is 2.48. The predicted octanol–water partition coefficient (Wildman–Crippen LogP) is 2.65. The number of nitrogens with zero attached hydrogens (tertiary/aromatic N) is 2. The molecule has 2 rings (SSSR count). The van der Waals surface area contributed by atoms with Crippen molar-refractivity contribution in [3.63, 3.8) is 0 Å². The Hall–Kier alpha value is -0.630. The van der Waals surface area contributed by atoms with E-state index < -0.39 is 0 Å². The third-order valence-electron chi connectivity index (χ3n) is 3.24. The van der Waals surface area contributed by atoms with Crippen LogP contribution in [-0.2, 0) is 4.79 Å². The molecule has 1 heterocycles. The van der Waals surface area contributed by atoms with E-state index in [1.165, 1.54) is 11.8 Å². The van der Waals surface area contributed by atoms with E-state index in [1.54, 1.807) is 0 Å². The minimum Gasteiger partial charge on any atom is -0.355 e. The number of thiocarbonyl (C=S) groups is 1. The van der Waals surface area contributed by atoms with Crippen LogP contribution in [0.1, 0.15) is 0 Å². The van der Waals surface area contributed by atoms with Crippen LogP contribution in [0.5, 0.6) is 0 Å². The van der Waals surface area contributed by atoms with Gasteiger partial charge in [-0.2, -0.15) is 0 Å². The zero-order valence-corrected chi connectivity index (χ0v) is 15.1. The number of hydrogen-bond donors (Lipinski definition) is 1. The third-order valence-corrected chi connectivity index (χ3v) is 5.45. The molecule has 1 N–H and O–H groups in total. The van der Waals surface area contributed by atoms with Crippen molar-refractivity contribution >= 4 is 55.8 Å². The Kier molecular flexibility index (Phi) is 6.47. The third kappa shape index (κ3) is 5.25. The molecule has 1 fully saturated rings. The van der Waals surface area contributed by atoms with E-state index in [2.05, 4.69) is 38.1 Å². The molecule has 0 aliphatic carbocycles. The highest BCUT2D eigenvalue weighted by atomic mass is 79.9. The lowest BCUT2D eigenvalue weighted by atomic mass is 10.3. The number of thioether (sulfide) groups is 1. The van der Waals surface area contributed by atoms with E-state index >= 15 is 0 Å². The molecule has 21 heavy (non-hydrogen) atoms. The van der Waals surface area contributed by atoms with Crippen LogP contribution >= 0.6 is 39.9 Å². The number of nitrogens with one attached hydrogen (secondary N) is 1. The van der Waals surface area contributed by atoms with Gasteiger partial charge in [0.25, 0.3) is 0 Å². The maximum atomic E-state index is 12.0. The van der Waals surface area contributed by atoms with Crippen molar-refractivity contribution in [1.82, 2.24) is 9.80 Å². The first-order valence-corrected chi connectivity index (χ1v) is 8.89. The molecule has 1 aromatic carbocycles. The van der Waals surface area contributed by atoms with Crippen molar-refractivity contribution in [1.29, 1.82) is 0 Å². The monoisotopic (exact) mass is 387 g/mol. The van der Waals surface area contributed by atoms with Crippen LogP contribution in [0.4, 0.5) is 5.69 Å². The highest BCUT2D eigenvalue weighted by molar-refractivity contribution is 9.10. The Bertz CT molecular complexity index is 519. The Balaban J connectivity index is 1.76. The van der Waals surface area contributed by atoms with Gasteiger partial charge < -0.3 is 15.1 Å². The zero-order chi connectivity index (χ0) is 15.2. The van der Waals surface area contributed by atoms with E-state index in [0.29, 0.717) is 5.75 Å². The second-order valence-electron chi connectivity index (χ2n) is 4.87. The van der Waals surface area contributed by atoms with E-state index in [0.717, 1.165) is 40.7 Å². The number of carbonyl (C=O) groups is 1. The fraction of sp³-hybridized carbons (Fsp3) is 0.429. The minimum absolute atomic E-state index is 0.0385. The van der Waals surface area contributed by atoms with Gasteiger partial charge in [0.1, 0.15) is 4.32 Å². The number of amides is 1.